The summed E-state index contributed by atoms with van der Waals surface area (Å²) in [5.74, 6) is 0.585. The van der Waals surface area contributed by atoms with Crippen molar-refractivity contribution >= 4 is 34.6 Å². The van der Waals surface area contributed by atoms with Crippen molar-refractivity contribution in [2.24, 2.45) is 0 Å². The van der Waals surface area contributed by atoms with Gasteiger partial charge in [-0.25, -0.2) is 9.78 Å². The third kappa shape index (κ3) is 2.62. The molecule has 142 valence electrons. The quantitative estimate of drug-likeness (QED) is 0.707. The van der Waals surface area contributed by atoms with Gasteiger partial charge in [0.05, 0.1) is 11.0 Å². The van der Waals surface area contributed by atoms with Crippen LogP contribution in [0.5, 0.6) is 0 Å². The summed E-state index contributed by atoms with van der Waals surface area (Å²) >= 11 is 0. The van der Waals surface area contributed by atoms with Gasteiger partial charge in [0.15, 0.2) is 0 Å². The Labute approximate surface area is 162 Å². The van der Waals surface area contributed by atoms with E-state index in [1.807, 2.05) is 55.5 Å². The number of aryl methyl sites for hydroxylation is 1. The lowest BCUT2D eigenvalue weighted by molar-refractivity contribution is -0.119. The number of carbonyl (C=O) groups is 2. The standard InChI is InChI=1S/C21H21N5O2/c1-15-6-8-16(9-7-15)24-11-10-23(21(24)28)14-19(27)26-13-12-25-18-5-3-2-4-17(18)22-20(25)26/h2-9H,10-14H2,1H3. The first-order valence-corrected chi connectivity index (χ1v) is 9.50. The number of nitrogens with zero attached hydrogens (tertiary/aromatic N) is 5. The van der Waals surface area contributed by atoms with Crippen molar-refractivity contribution in [1.82, 2.24) is 14.5 Å². The van der Waals surface area contributed by atoms with E-state index >= 15 is 0 Å². The number of imidazole rings is 1. The molecule has 0 spiro atoms. The summed E-state index contributed by atoms with van der Waals surface area (Å²) in [4.78, 5) is 35.4. The third-order valence-corrected chi connectivity index (χ3v) is 5.49. The topological polar surface area (TPSA) is 61.7 Å². The summed E-state index contributed by atoms with van der Waals surface area (Å²) < 4.78 is 2.07. The number of hydrogen-bond acceptors (Lipinski definition) is 3. The van der Waals surface area contributed by atoms with Gasteiger partial charge in [0.2, 0.25) is 11.9 Å². The summed E-state index contributed by atoms with van der Waals surface area (Å²) in [5, 5.41) is 0. The molecular weight excluding hydrogens is 354 g/mol. The number of urea groups is 1. The van der Waals surface area contributed by atoms with Crippen LogP contribution < -0.4 is 9.80 Å². The predicted octanol–water partition coefficient (Wildman–Crippen LogP) is 2.63. The van der Waals surface area contributed by atoms with Crippen LogP contribution >= 0.6 is 0 Å². The zero-order valence-corrected chi connectivity index (χ0v) is 15.7. The van der Waals surface area contributed by atoms with Gasteiger partial charge in [-0.2, -0.15) is 0 Å². The second-order valence-corrected chi connectivity index (χ2v) is 7.29. The van der Waals surface area contributed by atoms with Crippen LogP contribution in [0.25, 0.3) is 11.0 Å². The third-order valence-electron chi connectivity index (χ3n) is 5.49. The Bertz CT molecular complexity index is 1070. The van der Waals surface area contributed by atoms with Crippen molar-refractivity contribution in [3.63, 3.8) is 0 Å². The summed E-state index contributed by atoms with van der Waals surface area (Å²) in [7, 11) is 0. The first kappa shape index (κ1) is 16.8. The van der Waals surface area contributed by atoms with E-state index < -0.39 is 0 Å². The van der Waals surface area contributed by atoms with Gasteiger partial charge in [0.25, 0.3) is 0 Å². The van der Waals surface area contributed by atoms with Crippen molar-refractivity contribution in [3.05, 3.63) is 54.1 Å². The highest BCUT2D eigenvalue weighted by molar-refractivity contribution is 6.01. The first-order chi connectivity index (χ1) is 13.6. The molecule has 5 rings (SSSR count). The van der Waals surface area contributed by atoms with Crippen LogP contribution in [0.4, 0.5) is 16.4 Å². The molecule has 7 nitrogen and oxygen atoms in total. The summed E-state index contributed by atoms with van der Waals surface area (Å²) in [5.41, 5.74) is 3.95. The van der Waals surface area contributed by atoms with Crippen molar-refractivity contribution < 1.29 is 9.59 Å². The normalized spacial score (nSPS) is 16.3. The van der Waals surface area contributed by atoms with E-state index in [0.717, 1.165) is 28.8 Å². The highest BCUT2D eigenvalue weighted by Crippen LogP contribution is 2.28. The van der Waals surface area contributed by atoms with E-state index in [0.29, 0.717) is 25.6 Å². The minimum atomic E-state index is -0.120. The summed E-state index contributed by atoms with van der Waals surface area (Å²) in [6.07, 6.45) is 0. The zero-order valence-electron chi connectivity index (χ0n) is 15.7. The SMILES string of the molecule is Cc1ccc(N2CCN(CC(=O)N3CCn4c3nc3ccccc34)C2=O)cc1. The van der Waals surface area contributed by atoms with Gasteiger partial charge in [-0.15, -0.1) is 0 Å². The van der Waals surface area contributed by atoms with Crippen LogP contribution in [0.1, 0.15) is 5.56 Å². The van der Waals surface area contributed by atoms with Crippen LogP contribution in [-0.2, 0) is 11.3 Å². The van der Waals surface area contributed by atoms with Gasteiger partial charge in [-0.05, 0) is 31.2 Å². The minimum Gasteiger partial charge on any atom is -0.313 e. The van der Waals surface area contributed by atoms with Crippen LogP contribution in [-0.4, -0.2) is 52.6 Å². The molecule has 2 aromatic carbocycles. The maximum atomic E-state index is 12.9. The lowest BCUT2D eigenvalue weighted by atomic mass is 10.2. The average Bonchev–Trinajstić information content (AvgIpc) is 3.37. The Balaban J connectivity index is 1.32. The van der Waals surface area contributed by atoms with E-state index in [-0.39, 0.29) is 18.5 Å². The molecule has 3 heterocycles. The second-order valence-electron chi connectivity index (χ2n) is 7.29. The maximum absolute atomic E-state index is 12.9. The van der Waals surface area contributed by atoms with Crippen LogP contribution in [0.15, 0.2) is 48.5 Å². The molecule has 0 atom stereocenters. The highest BCUT2D eigenvalue weighted by atomic mass is 16.2. The highest BCUT2D eigenvalue weighted by Gasteiger charge is 2.34. The Morgan fingerprint density at radius 3 is 2.61 bits per heavy atom. The molecule has 2 aliphatic rings. The summed E-state index contributed by atoms with van der Waals surface area (Å²) in [6.45, 7) is 4.55. The largest absolute Gasteiger partial charge is 0.325 e. The van der Waals surface area contributed by atoms with Crippen LogP contribution in [0, 0.1) is 6.92 Å². The summed E-state index contributed by atoms with van der Waals surface area (Å²) in [6, 6.07) is 15.6. The number of fused-ring (bicyclic) bond motifs is 3. The fraction of sp³-hybridized carbons (Fsp3) is 0.286. The first-order valence-electron chi connectivity index (χ1n) is 9.50. The molecule has 0 N–H and O–H groups in total. The monoisotopic (exact) mass is 375 g/mol. The van der Waals surface area contributed by atoms with Crippen molar-refractivity contribution in [2.45, 2.75) is 13.5 Å². The van der Waals surface area contributed by atoms with Gasteiger partial charge in [0.1, 0.15) is 6.54 Å². The fourth-order valence-corrected chi connectivity index (χ4v) is 3.97. The van der Waals surface area contributed by atoms with Gasteiger partial charge < -0.3 is 9.47 Å². The number of benzene rings is 2. The van der Waals surface area contributed by atoms with Crippen molar-refractivity contribution in [3.8, 4) is 0 Å². The molecule has 1 saturated heterocycles. The van der Waals surface area contributed by atoms with Gasteiger partial charge >= 0.3 is 6.03 Å². The molecule has 0 saturated carbocycles. The number of carbonyl (C=O) groups excluding carboxylic acids is 2. The molecule has 7 heteroatoms. The van der Waals surface area contributed by atoms with Crippen LogP contribution in [0.2, 0.25) is 0 Å². The Morgan fingerprint density at radius 2 is 1.79 bits per heavy atom. The average molecular weight is 375 g/mol. The van der Waals surface area contributed by atoms with Gasteiger partial charge in [0, 0.05) is 31.9 Å². The van der Waals surface area contributed by atoms with E-state index in [1.165, 1.54) is 0 Å². The lowest BCUT2D eigenvalue weighted by Crippen LogP contribution is -2.42. The van der Waals surface area contributed by atoms with E-state index in [1.54, 1.807) is 14.7 Å². The maximum Gasteiger partial charge on any atom is 0.325 e. The van der Waals surface area contributed by atoms with E-state index in [2.05, 4.69) is 9.55 Å². The van der Waals surface area contributed by atoms with Crippen molar-refractivity contribution in [1.29, 1.82) is 0 Å². The molecule has 3 amide bonds. The van der Waals surface area contributed by atoms with E-state index in [4.69, 9.17) is 0 Å². The Morgan fingerprint density at radius 1 is 1.00 bits per heavy atom. The Hall–Kier alpha value is -3.35. The molecule has 0 unspecified atom stereocenters. The molecule has 3 aromatic rings. The minimum absolute atomic E-state index is 0.0738. The molecule has 0 bridgehead atoms. The van der Waals surface area contributed by atoms with Gasteiger partial charge in [-0.3, -0.25) is 14.6 Å². The van der Waals surface area contributed by atoms with Crippen molar-refractivity contribution in [2.75, 3.05) is 36.0 Å². The molecule has 1 aromatic heterocycles. The number of anilines is 2. The number of amides is 3. The molecule has 28 heavy (non-hydrogen) atoms. The fourth-order valence-electron chi connectivity index (χ4n) is 3.97. The number of para-hydroxylation sites is 2. The number of rotatable bonds is 3. The predicted molar refractivity (Wildman–Crippen MR) is 108 cm³/mol. The zero-order chi connectivity index (χ0) is 19.3. The molecule has 2 aliphatic heterocycles. The molecule has 0 radical (unpaired) electrons. The molecule has 0 aliphatic carbocycles. The lowest BCUT2D eigenvalue weighted by Gasteiger charge is -2.21. The molecular formula is C21H21N5O2. The Kier molecular flexibility index (Phi) is 3.82. The number of hydrogen-bond donors (Lipinski definition) is 0. The molecule has 1 fully saturated rings. The van der Waals surface area contributed by atoms with E-state index in [9.17, 15) is 9.59 Å². The van der Waals surface area contributed by atoms with Gasteiger partial charge in [-0.1, -0.05) is 29.8 Å². The number of aromatic nitrogens is 2. The van der Waals surface area contributed by atoms with Crippen LogP contribution in [0.3, 0.4) is 0 Å². The smallest absolute Gasteiger partial charge is 0.313 e. The second kappa shape index (κ2) is 6.37.